The molecule has 1 aromatic rings. The van der Waals surface area contributed by atoms with Gasteiger partial charge in [-0.2, -0.15) is 0 Å². The Morgan fingerprint density at radius 1 is 1.15 bits per heavy atom. The normalized spacial score (nSPS) is 30.9. The van der Waals surface area contributed by atoms with Crippen LogP contribution in [-0.4, -0.2) is 41.4 Å². The molecule has 2 N–H and O–H groups in total. The third kappa shape index (κ3) is 2.60. The molecule has 2 atom stereocenters. The number of benzene rings is 1. The molecule has 1 aliphatic heterocycles. The van der Waals surface area contributed by atoms with Gasteiger partial charge in [0, 0.05) is 35.5 Å². The summed E-state index contributed by atoms with van der Waals surface area (Å²) in [5.41, 5.74) is 1.78. The summed E-state index contributed by atoms with van der Waals surface area (Å²) < 4.78 is 0. The molecule has 112 valence electrons. The molecule has 1 saturated heterocycles. The number of aliphatic hydroxyl groups excluding tert-OH is 2. The van der Waals surface area contributed by atoms with Crippen LogP contribution in [0, 0.1) is 17.8 Å². The second-order valence-electron chi connectivity index (χ2n) is 6.61. The number of hydrogen-bond acceptors (Lipinski definition) is 3. The topological polar surface area (TPSA) is 43.7 Å². The summed E-state index contributed by atoms with van der Waals surface area (Å²) in [7, 11) is 0. The fourth-order valence-electron chi connectivity index (χ4n) is 3.08. The van der Waals surface area contributed by atoms with Crippen molar-refractivity contribution in [3.05, 3.63) is 34.3 Å². The first kappa shape index (κ1) is 15.8. The first-order valence-corrected chi connectivity index (χ1v) is 7.41. The van der Waals surface area contributed by atoms with E-state index in [1.54, 1.807) is 0 Å². The molecule has 2 rings (SSSR count). The third-order valence-corrected chi connectivity index (χ3v) is 5.48. The van der Waals surface area contributed by atoms with Crippen molar-refractivity contribution in [1.29, 1.82) is 0 Å². The standard InChI is InChI=1S/C16H24ClNO2/c1-12-13(5-4-6-14(12)17)7-18-8-15(2,10-19)16(3,9-18)11-20/h4-6,19-20H,7-11H2,1-3H3/t15-,16+. The Hall–Kier alpha value is -0.610. The lowest BCUT2D eigenvalue weighted by Gasteiger charge is -2.36. The molecule has 1 fully saturated rings. The summed E-state index contributed by atoms with van der Waals surface area (Å²) >= 11 is 6.17. The van der Waals surface area contributed by atoms with Crippen LogP contribution in [0.1, 0.15) is 25.0 Å². The van der Waals surface area contributed by atoms with E-state index < -0.39 is 0 Å². The Bertz CT molecular complexity index is 475. The van der Waals surface area contributed by atoms with E-state index in [1.165, 1.54) is 5.56 Å². The van der Waals surface area contributed by atoms with E-state index in [1.807, 2.05) is 32.9 Å². The lowest BCUT2D eigenvalue weighted by Crippen LogP contribution is -2.41. The zero-order valence-electron chi connectivity index (χ0n) is 12.5. The van der Waals surface area contributed by atoms with Gasteiger partial charge in [0.05, 0.1) is 13.2 Å². The van der Waals surface area contributed by atoms with Gasteiger partial charge < -0.3 is 10.2 Å². The number of rotatable bonds is 4. The van der Waals surface area contributed by atoms with E-state index in [2.05, 4.69) is 11.0 Å². The highest BCUT2D eigenvalue weighted by molar-refractivity contribution is 6.31. The van der Waals surface area contributed by atoms with Crippen molar-refractivity contribution < 1.29 is 10.2 Å². The van der Waals surface area contributed by atoms with Crippen molar-refractivity contribution in [2.24, 2.45) is 10.8 Å². The zero-order valence-corrected chi connectivity index (χ0v) is 13.2. The average molecular weight is 298 g/mol. The molecule has 20 heavy (non-hydrogen) atoms. The highest BCUT2D eigenvalue weighted by Crippen LogP contribution is 2.45. The first-order valence-electron chi connectivity index (χ1n) is 7.03. The van der Waals surface area contributed by atoms with Gasteiger partial charge in [-0.3, -0.25) is 4.90 Å². The van der Waals surface area contributed by atoms with Gasteiger partial charge in [-0.1, -0.05) is 37.6 Å². The molecule has 0 spiro atoms. The van der Waals surface area contributed by atoms with Crippen LogP contribution in [0.5, 0.6) is 0 Å². The van der Waals surface area contributed by atoms with Gasteiger partial charge in [0.25, 0.3) is 0 Å². The molecule has 1 heterocycles. The van der Waals surface area contributed by atoms with Gasteiger partial charge in [0.2, 0.25) is 0 Å². The maximum absolute atomic E-state index is 9.72. The smallest absolute Gasteiger partial charge is 0.0503 e. The van der Waals surface area contributed by atoms with E-state index in [0.29, 0.717) is 0 Å². The van der Waals surface area contributed by atoms with E-state index in [4.69, 9.17) is 11.6 Å². The zero-order chi connectivity index (χ0) is 15.0. The van der Waals surface area contributed by atoms with Crippen molar-refractivity contribution in [2.75, 3.05) is 26.3 Å². The monoisotopic (exact) mass is 297 g/mol. The van der Waals surface area contributed by atoms with Gasteiger partial charge in [0.15, 0.2) is 0 Å². The second-order valence-corrected chi connectivity index (χ2v) is 7.01. The van der Waals surface area contributed by atoms with Crippen LogP contribution in [0.3, 0.4) is 0 Å². The summed E-state index contributed by atoms with van der Waals surface area (Å²) in [5, 5.41) is 20.2. The van der Waals surface area contributed by atoms with E-state index in [0.717, 1.165) is 30.2 Å². The molecule has 0 aromatic heterocycles. The number of likely N-dealkylation sites (tertiary alicyclic amines) is 1. The SMILES string of the molecule is Cc1c(Cl)cccc1CN1C[C@](C)(CO)[C@](C)(CO)C1. The molecule has 0 amide bonds. The molecule has 1 aliphatic rings. The van der Waals surface area contributed by atoms with Gasteiger partial charge in [0.1, 0.15) is 0 Å². The summed E-state index contributed by atoms with van der Waals surface area (Å²) in [4.78, 5) is 2.30. The lowest BCUT2D eigenvalue weighted by molar-refractivity contribution is 0.00976. The van der Waals surface area contributed by atoms with E-state index in [9.17, 15) is 10.2 Å². The van der Waals surface area contributed by atoms with Crippen LogP contribution >= 0.6 is 11.6 Å². The maximum Gasteiger partial charge on any atom is 0.0503 e. The highest BCUT2D eigenvalue weighted by Gasteiger charge is 2.51. The average Bonchev–Trinajstić information content (AvgIpc) is 2.68. The van der Waals surface area contributed by atoms with Crippen LogP contribution in [-0.2, 0) is 6.54 Å². The molecule has 0 saturated carbocycles. The predicted octanol–water partition coefficient (Wildman–Crippen LogP) is 2.46. The second kappa shape index (κ2) is 5.64. The van der Waals surface area contributed by atoms with Gasteiger partial charge in [-0.05, 0) is 24.1 Å². The van der Waals surface area contributed by atoms with Crippen LogP contribution in [0.4, 0.5) is 0 Å². The lowest BCUT2D eigenvalue weighted by atomic mass is 9.69. The Morgan fingerprint density at radius 2 is 1.70 bits per heavy atom. The molecule has 0 bridgehead atoms. The molecule has 0 unspecified atom stereocenters. The van der Waals surface area contributed by atoms with Crippen molar-refractivity contribution in [3.63, 3.8) is 0 Å². The third-order valence-electron chi connectivity index (χ3n) is 5.07. The number of hydrogen-bond donors (Lipinski definition) is 2. The minimum absolute atomic E-state index is 0.0923. The van der Waals surface area contributed by atoms with Gasteiger partial charge >= 0.3 is 0 Å². The van der Waals surface area contributed by atoms with E-state index >= 15 is 0 Å². The predicted molar refractivity (Wildman–Crippen MR) is 81.9 cm³/mol. The number of nitrogens with zero attached hydrogens (tertiary/aromatic N) is 1. The Labute approximate surface area is 126 Å². The van der Waals surface area contributed by atoms with Crippen LogP contribution in [0.25, 0.3) is 0 Å². The van der Waals surface area contributed by atoms with Crippen molar-refractivity contribution in [2.45, 2.75) is 27.3 Å². The summed E-state index contributed by atoms with van der Waals surface area (Å²) in [6.45, 7) is 8.69. The maximum atomic E-state index is 9.72. The minimum atomic E-state index is -0.270. The van der Waals surface area contributed by atoms with Gasteiger partial charge in [-0.15, -0.1) is 0 Å². The number of halogens is 1. The van der Waals surface area contributed by atoms with Crippen LogP contribution in [0.15, 0.2) is 18.2 Å². The minimum Gasteiger partial charge on any atom is -0.396 e. The summed E-state index contributed by atoms with van der Waals surface area (Å²) in [6, 6.07) is 5.96. The van der Waals surface area contributed by atoms with Crippen LogP contribution in [0.2, 0.25) is 5.02 Å². The quantitative estimate of drug-likeness (QED) is 0.897. The van der Waals surface area contributed by atoms with E-state index in [-0.39, 0.29) is 24.0 Å². The van der Waals surface area contributed by atoms with Crippen molar-refractivity contribution in [3.8, 4) is 0 Å². The molecule has 0 radical (unpaired) electrons. The van der Waals surface area contributed by atoms with Gasteiger partial charge in [-0.25, -0.2) is 0 Å². The molecule has 3 nitrogen and oxygen atoms in total. The Balaban J connectivity index is 2.19. The Morgan fingerprint density at radius 3 is 2.20 bits per heavy atom. The largest absolute Gasteiger partial charge is 0.396 e. The molecular formula is C16H24ClNO2. The molecule has 1 aromatic carbocycles. The fraction of sp³-hybridized carbons (Fsp3) is 0.625. The molecule has 0 aliphatic carbocycles. The van der Waals surface area contributed by atoms with Crippen molar-refractivity contribution >= 4 is 11.6 Å². The summed E-state index contributed by atoms with van der Waals surface area (Å²) in [6.07, 6.45) is 0. The molecular weight excluding hydrogens is 274 g/mol. The first-order chi connectivity index (χ1) is 9.35. The molecule has 4 heteroatoms. The highest BCUT2D eigenvalue weighted by atomic mass is 35.5. The number of aliphatic hydroxyl groups is 2. The fourth-order valence-corrected chi connectivity index (χ4v) is 3.28. The Kier molecular flexibility index (Phi) is 4.45. The van der Waals surface area contributed by atoms with Crippen molar-refractivity contribution in [1.82, 2.24) is 4.90 Å². The van der Waals surface area contributed by atoms with Crippen LogP contribution < -0.4 is 0 Å². The summed E-state index contributed by atoms with van der Waals surface area (Å²) in [5.74, 6) is 0.